The zero-order valence-electron chi connectivity index (χ0n) is 16.3. The molecule has 1 fully saturated rings. The maximum absolute atomic E-state index is 12.7. The smallest absolute Gasteiger partial charge is 0.338 e. The molecule has 0 atom stereocenters. The first-order valence-electron chi connectivity index (χ1n) is 9.60. The van der Waals surface area contributed by atoms with Crippen molar-refractivity contribution in [1.82, 2.24) is 4.31 Å². The van der Waals surface area contributed by atoms with Crippen LogP contribution in [0.5, 0.6) is 0 Å². The highest BCUT2D eigenvalue weighted by molar-refractivity contribution is 7.89. The van der Waals surface area contributed by atoms with E-state index in [2.05, 4.69) is 5.32 Å². The van der Waals surface area contributed by atoms with Crippen LogP contribution in [0.1, 0.15) is 46.9 Å². The van der Waals surface area contributed by atoms with Gasteiger partial charge in [0, 0.05) is 24.3 Å². The Hall–Kier alpha value is -2.71. The van der Waals surface area contributed by atoms with Gasteiger partial charge in [-0.1, -0.05) is 6.42 Å². The average Bonchev–Trinajstić information content (AvgIpc) is 2.75. The third kappa shape index (κ3) is 5.02. The molecule has 1 amide bonds. The molecule has 0 spiro atoms. The molecule has 154 valence electrons. The molecule has 29 heavy (non-hydrogen) atoms. The van der Waals surface area contributed by atoms with Crippen LogP contribution in [-0.4, -0.2) is 44.3 Å². The summed E-state index contributed by atoms with van der Waals surface area (Å²) in [6, 6.07) is 12.3. The van der Waals surface area contributed by atoms with E-state index < -0.39 is 16.0 Å². The van der Waals surface area contributed by atoms with E-state index in [1.54, 1.807) is 31.2 Å². The number of carbonyl (C=O) groups is 2. The van der Waals surface area contributed by atoms with Crippen LogP contribution in [0.3, 0.4) is 0 Å². The highest BCUT2D eigenvalue weighted by Gasteiger charge is 2.25. The second-order valence-corrected chi connectivity index (χ2v) is 8.68. The number of hydrogen-bond donors (Lipinski definition) is 1. The molecule has 2 aromatic carbocycles. The van der Waals surface area contributed by atoms with Gasteiger partial charge < -0.3 is 10.1 Å². The van der Waals surface area contributed by atoms with Gasteiger partial charge in [-0.15, -0.1) is 0 Å². The Labute approximate surface area is 170 Å². The number of carbonyl (C=O) groups excluding carboxylic acids is 2. The van der Waals surface area contributed by atoms with Crippen LogP contribution in [0.15, 0.2) is 53.4 Å². The summed E-state index contributed by atoms with van der Waals surface area (Å²) in [5.74, 6) is -0.785. The fourth-order valence-electron chi connectivity index (χ4n) is 3.14. The molecule has 1 aliphatic heterocycles. The Balaban J connectivity index is 1.66. The molecule has 0 saturated carbocycles. The molecule has 7 nitrogen and oxygen atoms in total. The summed E-state index contributed by atoms with van der Waals surface area (Å²) in [5.41, 5.74) is 1.27. The molecule has 1 heterocycles. The average molecular weight is 416 g/mol. The third-order valence-electron chi connectivity index (χ3n) is 4.72. The number of nitrogens with zero attached hydrogens (tertiary/aromatic N) is 1. The number of amides is 1. The summed E-state index contributed by atoms with van der Waals surface area (Å²) in [6.07, 6.45) is 2.79. The van der Waals surface area contributed by atoms with Crippen molar-refractivity contribution in [1.29, 1.82) is 0 Å². The van der Waals surface area contributed by atoms with Gasteiger partial charge in [0.2, 0.25) is 10.0 Å². The molecule has 8 heteroatoms. The molecule has 0 aromatic heterocycles. The summed E-state index contributed by atoms with van der Waals surface area (Å²) in [6.45, 7) is 3.09. The van der Waals surface area contributed by atoms with E-state index in [0.29, 0.717) is 36.5 Å². The standard InChI is InChI=1S/C21H24N2O5S/c1-2-28-21(25)17-6-10-18(11-7-17)22-20(24)16-8-12-19(13-9-16)29(26,27)23-14-4-3-5-15-23/h6-13H,2-5,14-15H2,1H3,(H,22,24). The topological polar surface area (TPSA) is 92.8 Å². The van der Waals surface area contributed by atoms with Gasteiger partial charge in [0.1, 0.15) is 0 Å². The predicted octanol–water partition coefficient (Wildman–Crippen LogP) is 3.29. The lowest BCUT2D eigenvalue weighted by Gasteiger charge is -2.25. The van der Waals surface area contributed by atoms with Crippen molar-refractivity contribution < 1.29 is 22.7 Å². The van der Waals surface area contributed by atoms with Crippen molar-refractivity contribution >= 4 is 27.6 Å². The quantitative estimate of drug-likeness (QED) is 0.730. The normalized spacial score (nSPS) is 14.9. The van der Waals surface area contributed by atoms with Crippen LogP contribution in [0.2, 0.25) is 0 Å². The number of rotatable bonds is 6. The van der Waals surface area contributed by atoms with E-state index in [1.807, 2.05) is 0 Å². The maximum atomic E-state index is 12.7. The van der Waals surface area contributed by atoms with Crippen LogP contribution in [0, 0.1) is 0 Å². The fraction of sp³-hybridized carbons (Fsp3) is 0.333. The molecule has 0 aliphatic carbocycles. The molecule has 1 saturated heterocycles. The molecule has 2 aromatic rings. The number of piperidine rings is 1. The molecule has 0 bridgehead atoms. The Kier molecular flexibility index (Phi) is 6.66. The van der Waals surface area contributed by atoms with Crippen molar-refractivity contribution in [3.05, 3.63) is 59.7 Å². The molecule has 0 radical (unpaired) electrons. The lowest BCUT2D eigenvalue weighted by molar-refractivity contribution is 0.0526. The first-order chi connectivity index (χ1) is 13.9. The van der Waals surface area contributed by atoms with E-state index in [1.165, 1.54) is 28.6 Å². The Morgan fingerprint density at radius 1 is 0.931 bits per heavy atom. The second kappa shape index (κ2) is 9.19. The molecular formula is C21H24N2O5S. The Morgan fingerprint density at radius 3 is 2.10 bits per heavy atom. The summed E-state index contributed by atoms with van der Waals surface area (Å²) in [7, 11) is -3.52. The number of ether oxygens (including phenoxy) is 1. The number of benzene rings is 2. The van der Waals surface area contributed by atoms with E-state index in [0.717, 1.165) is 19.3 Å². The van der Waals surface area contributed by atoms with Crippen LogP contribution < -0.4 is 5.32 Å². The Morgan fingerprint density at radius 2 is 1.52 bits per heavy atom. The maximum Gasteiger partial charge on any atom is 0.338 e. The molecule has 1 aliphatic rings. The predicted molar refractivity (Wildman–Crippen MR) is 109 cm³/mol. The van der Waals surface area contributed by atoms with E-state index >= 15 is 0 Å². The highest BCUT2D eigenvalue weighted by atomic mass is 32.2. The second-order valence-electron chi connectivity index (χ2n) is 6.74. The van der Waals surface area contributed by atoms with Crippen LogP contribution in [0.4, 0.5) is 5.69 Å². The van der Waals surface area contributed by atoms with E-state index in [-0.39, 0.29) is 10.8 Å². The highest BCUT2D eigenvalue weighted by Crippen LogP contribution is 2.21. The molecule has 3 rings (SSSR count). The van der Waals surface area contributed by atoms with Gasteiger partial charge in [-0.2, -0.15) is 4.31 Å². The third-order valence-corrected chi connectivity index (χ3v) is 6.64. The van der Waals surface area contributed by atoms with E-state index in [9.17, 15) is 18.0 Å². The fourth-order valence-corrected chi connectivity index (χ4v) is 4.66. The van der Waals surface area contributed by atoms with Gasteiger partial charge in [0.15, 0.2) is 0 Å². The van der Waals surface area contributed by atoms with Crippen molar-refractivity contribution in [2.75, 3.05) is 25.0 Å². The number of hydrogen-bond acceptors (Lipinski definition) is 5. The monoisotopic (exact) mass is 416 g/mol. The number of nitrogens with one attached hydrogen (secondary N) is 1. The van der Waals surface area contributed by atoms with Gasteiger partial charge in [-0.3, -0.25) is 4.79 Å². The van der Waals surface area contributed by atoms with Crippen LogP contribution >= 0.6 is 0 Å². The Bertz CT molecular complexity index is 963. The van der Waals surface area contributed by atoms with Gasteiger partial charge in [-0.05, 0) is 68.3 Å². The first-order valence-corrected chi connectivity index (χ1v) is 11.0. The number of anilines is 1. The lowest BCUT2D eigenvalue weighted by Crippen LogP contribution is -2.35. The zero-order valence-corrected chi connectivity index (χ0v) is 17.1. The molecule has 1 N–H and O–H groups in total. The van der Waals surface area contributed by atoms with Crippen LogP contribution in [-0.2, 0) is 14.8 Å². The van der Waals surface area contributed by atoms with Gasteiger partial charge in [0.25, 0.3) is 5.91 Å². The minimum atomic E-state index is -3.52. The van der Waals surface area contributed by atoms with Gasteiger partial charge in [0.05, 0.1) is 17.1 Å². The number of sulfonamides is 1. The van der Waals surface area contributed by atoms with Gasteiger partial charge in [-0.25, -0.2) is 13.2 Å². The summed E-state index contributed by atoms with van der Waals surface area (Å²) < 4.78 is 31.8. The summed E-state index contributed by atoms with van der Waals surface area (Å²) in [5, 5.41) is 2.73. The largest absolute Gasteiger partial charge is 0.462 e. The van der Waals surface area contributed by atoms with Crippen LogP contribution in [0.25, 0.3) is 0 Å². The minimum absolute atomic E-state index is 0.190. The minimum Gasteiger partial charge on any atom is -0.462 e. The first kappa shape index (κ1) is 21.0. The summed E-state index contributed by atoms with van der Waals surface area (Å²) in [4.78, 5) is 24.3. The van der Waals surface area contributed by atoms with E-state index in [4.69, 9.17) is 4.74 Å². The van der Waals surface area contributed by atoms with Crippen molar-refractivity contribution in [2.24, 2.45) is 0 Å². The lowest BCUT2D eigenvalue weighted by atomic mass is 10.2. The van der Waals surface area contributed by atoms with Crippen molar-refractivity contribution in [3.63, 3.8) is 0 Å². The summed E-state index contributed by atoms with van der Waals surface area (Å²) >= 11 is 0. The zero-order chi connectivity index (χ0) is 20.9. The molecular weight excluding hydrogens is 392 g/mol. The SMILES string of the molecule is CCOC(=O)c1ccc(NC(=O)c2ccc(S(=O)(=O)N3CCCCC3)cc2)cc1. The van der Waals surface area contributed by atoms with Gasteiger partial charge >= 0.3 is 5.97 Å². The van der Waals surface area contributed by atoms with Crippen molar-refractivity contribution in [2.45, 2.75) is 31.1 Å². The number of esters is 1. The molecule has 0 unspecified atom stereocenters. The van der Waals surface area contributed by atoms with Crippen molar-refractivity contribution in [3.8, 4) is 0 Å².